The highest BCUT2D eigenvalue weighted by molar-refractivity contribution is 7.90. The average molecular weight is 294 g/mol. The second-order valence-corrected chi connectivity index (χ2v) is 7.02. The first-order chi connectivity index (χ1) is 8.61. The van der Waals surface area contributed by atoms with Crippen LogP contribution in [0.25, 0.3) is 0 Å². The first-order valence-corrected chi connectivity index (χ1v) is 7.82. The summed E-state index contributed by atoms with van der Waals surface area (Å²) < 4.78 is 22.0. The molecular formula is C10H18N2O6S. The van der Waals surface area contributed by atoms with E-state index < -0.39 is 39.9 Å². The number of sulfone groups is 1. The summed E-state index contributed by atoms with van der Waals surface area (Å²) in [5.41, 5.74) is 5.58. The second-order valence-electron chi connectivity index (χ2n) is 4.76. The van der Waals surface area contributed by atoms with Gasteiger partial charge in [0.15, 0.2) is 0 Å². The number of carboxylic acid groups (broad SMARTS) is 1. The maximum Gasteiger partial charge on any atom is 0.326 e. The highest BCUT2D eigenvalue weighted by Crippen LogP contribution is 2.19. The number of hydrogen-bond donors (Lipinski definition) is 3. The van der Waals surface area contributed by atoms with Crippen LogP contribution in [0.4, 0.5) is 0 Å². The van der Waals surface area contributed by atoms with Crippen molar-refractivity contribution in [3.05, 3.63) is 0 Å². The molecule has 0 radical (unpaired) electrons. The van der Waals surface area contributed by atoms with E-state index in [9.17, 15) is 23.1 Å². The Labute approximate surface area is 111 Å². The van der Waals surface area contributed by atoms with Gasteiger partial charge in [-0.3, -0.25) is 4.79 Å². The smallest absolute Gasteiger partial charge is 0.326 e. The number of aliphatic carboxylic acids is 1. The number of hydrogen-bond acceptors (Lipinski definition) is 6. The fourth-order valence-electron chi connectivity index (χ4n) is 1.97. The molecule has 19 heavy (non-hydrogen) atoms. The number of rotatable bonds is 5. The summed E-state index contributed by atoms with van der Waals surface area (Å²) in [6, 6.07) is -2.19. The molecule has 1 rings (SSSR count). The first-order valence-electron chi connectivity index (χ1n) is 5.76. The Morgan fingerprint density at radius 2 is 2.05 bits per heavy atom. The molecule has 1 amide bonds. The van der Waals surface area contributed by atoms with E-state index in [1.54, 1.807) is 0 Å². The molecule has 1 fully saturated rings. The minimum absolute atomic E-state index is 0.0418. The Morgan fingerprint density at radius 1 is 1.47 bits per heavy atom. The molecule has 9 heteroatoms. The van der Waals surface area contributed by atoms with E-state index in [1.807, 2.05) is 0 Å². The SMILES string of the molecule is CS(=O)(=O)CCC(N)C(=O)N1C[C@H](O)C[C@H]1C(=O)O. The number of β-amino-alcohol motifs (C(OH)–C–C–N with tert-alkyl or cyclic N) is 1. The lowest BCUT2D eigenvalue weighted by Gasteiger charge is -2.24. The molecule has 0 aliphatic carbocycles. The van der Waals surface area contributed by atoms with Gasteiger partial charge in [0.05, 0.1) is 17.9 Å². The molecule has 1 aliphatic heterocycles. The van der Waals surface area contributed by atoms with Gasteiger partial charge in [-0.05, 0) is 6.42 Å². The van der Waals surface area contributed by atoms with Crippen molar-refractivity contribution in [1.29, 1.82) is 0 Å². The Hall–Kier alpha value is -1.19. The molecule has 0 spiro atoms. The number of carbonyl (C=O) groups excluding carboxylic acids is 1. The number of carbonyl (C=O) groups is 2. The van der Waals surface area contributed by atoms with Gasteiger partial charge < -0.3 is 20.8 Å². The number of carboxylic acids is 1. The molecule has 0 aromatic carbocycles. The van der Waals surface area contributed by atoms with Crippen LogP contribution in [0.1, 0.15) is 12.8 Å². The summed E-state index contributed by atoms with van der Waals surface area (Å²) in [7, 11) is -3.23. The Bertz CT molecular complexity index is 463. The summed E-state index contributed by atoms with van der Waals surface area (Å²) in [5.74, 6) is -2.10. The first kappa shape index (κ1) is 15.9. The monoisotopic (exact) mass is 294 g/mol. The molecule has 1 saturated heterocycles. The Morgan fingerprint density at radius 3 is 2.53 bits per heavy atom. The van der Waals surface area contributed by atoms with Crippen molar-refractivity contribution < 1.29 is 28.2 Å². The summed E-state index contributed by atoms with van der Waals surface area (Å²) in [6.07, 6.45) is 0.0208. The van der Waals surface area contributed by atoms with Crippen LogP contribution in [0.2, 0.25) is 0 Å². The molecule has 8 nitrogen and oxygen atoms in total. The number of aliphatic hydroxyl groups excluding tert-OH is 1. The van der Waals surface area contributed by atoms with Crippen LogP contribution in [-0.4, -0.2) is 72.1 Å². The van der Waals surface area contributed by atoms with Gasteiger partial charge in [0.1, 0.15) is 15.9 Å². The van der Waals surface area contributed by atoms with Crippen molar-refractivity contribution in [3.8, 4) is 0 Å². The molecular weight excluding hydrogens is 276 g/mol. The van der Waals surface area contributed by atoms with Gasteiger partial charge in [0.2, 0.25) is 5.91 Å². The van der Waals surface area contributed by atoms with Crippen molar-refractivity contribution >= 4 is 21.7 Å². The van der Waals surface area contributed by atoms with E-state index in [0.29, 0.717) is 0 Å². The van der Waals surface area contributed by atoms with E-state index >= 15 is 0 Å². The Balaban J connectivity index is 2.68. The van der Waals surface area contributed by atoms with Crippen molar-refractivity contribution in [2.45, 2.75) is 31.0 Å². The van der Waals surface area contributed by atoms with Crippen LogP contribution in [-0.2, 0) is 19.4 Å². The third kappa shape index (κ3) is 4.44. The van der Waals surface area contributed by atoms with E-state index in [4.69, 9.17) is 10.8 Å². The maximum absolute atomic E-state index is 12.0. The molecule has 1 aliphatic rings. The lowest BCUT2D eigenvalue weighted by atomic mass is 10.1. The zero-order valence-electron chi connectivity index (χ0n) is 10.5. The molecule has 1 heterocycles. The molecule has 0 saturated carbocycles. The van der Waals surface area contributed by atoms with Crippen molar-refractivity contribution in [3.63, 3.8) is 0 Å². The van der Waals surface area contributed by atoms with Gasteiger partial charge in [-0.2, -0.15) is 0 Å². The van der Waals surface area contributed by atoms with Crippen LogP contribution in [0, 0.1) is 0 Å². The summed E-state index contributed by atoms with van der Waals surface area (Å²) >= 11 is 0. The molecule has 3 atom stereocenters. The van der Waals surface area contributed by atoms with Gasteiger partial charge in [-0.25, -0.2) is 13.2 Å². The number of aliphatic hydroxyl groups is 1. The molecule has 0 bridgehead atoms. The third-order valence-corrected chi connectivity index (χ3v) is 3.94. The minimum Gasteiger partial charge on any atom is -0.480 e. The van der Waals surface area contributed by atoms with Crippen molar-refractivity contribution in [2.75, 3.05) is 18.6 Å². The fraction of sp³-hybridized carbons (Fsp3) is 0.800. The van der Waals surface area contributed by atoms with Crippen LogP contribution in [0.5, 0.6) is 0 Å². The van der Waals surface area contributed by atoms with Crippen LogP contribution in [0.15, 0.2) is 0 Å². The van der Waals surface area contributed by atoms with E-state index in [2.05, 4.69) is 0 Å². The van der Waals surface area contributed by atoms with Crippen LogP contribution in [0.3, 0.4) is 0 Å². The molecule has 110 valence electrons. The largest absolute Gasteiger partial charge is 0.480 e. The van der Waals surface area contributed by atoms with Gasteiger partial charge in [0.25, 0.3) is 0 Å². The molecule has 0 aromatic heterocycles. The van der Waals surface area contributed by atoms with E-state index in [0.717, 1.165) is 11.2 Å². The van der Waals surface area contributed by atoms with Crippen LogP contribution < -0.4 is 5.73 Å². The average Bonchev–Trinajstić information content (AvgIpc) is 2.66. The zero-order valence-corrected chi connectivity index (χ0v) is 11.3. The standard InChI is InChI=1S/C10H18N2O6S/c1-19(17,18)3-2-7(11)9(14)12-5-6(13)4-8(12)10(15)16/h6-8,13H,2-5,11H2,1H3,(H,15,16)/t6-,7?,8+/m1/s1. The number of likely N-dealkylation sites (tertiary alicyclic amines) is 1. The second kappa shape index (κ2) is 5.85. The van der Waals surface area contributed by atoms with Gasteiger partial charge in [0, 0.05) is 19.2 Å². The summed E-state index contributed by atoms with van der Waals surface area (Å²) in [5, 5.41) is 18.4. The lowest BCUT2D eigenvalue weighted by Crippen LogP contribution is -2.49. The predicted molar refractivity (Wildman–Crippen MR) is 66.1 cm³/mol. The zero-order chi connectivity index (χ0) is 14.8. The maximum atomic E-state index is 12.0. The normalized spacial score (nSPS) is 25.3. The van der Waals surface area contributed by atoms with Gasteiger partial charge in [-0.1, -0.05) is 0 Å². The summed E-state index contributed by atoms with van der Waals surface area (Å²) in [4.78, 5) is 23.9. The number of nitrogens with two attached hydrogens (primary N) is 1. The molecule has 1 unspecified atom stereocenters. The lowest BCUT2D eigenvalue weighted by molar-refractivity contribution is -0.148. The number of amides is 1. The van der Waals surface area contributed by atoms with Gasteiger partial charge in [-0.15, -0.1) is 0 Å². The third-order valence-electron chi connectivity index (χ3n) is 2.96. The quantitative estimate of drug-likeness (QED) is 0.522. The Kier molecular flexibility index (Phi) is 4.88. The summed E-state index contributed by atoms with van der Waals surface area (Å²) in [6.45, 7) is -0.0949. The topological polar surface area (TPSA) is 138 Å². The van der Waals surface area contributed by atoms with Crippen LogP contribution >= 0.6 is 0 Å². The van der Waals surface area contributed by atoms with Gasteiger partial charge >= 0.3 is 5.97 Å². The highest BCUT2D eigenvalue weighted by atomic mass is 32.2. The molecule has 4 N–H and O–H groups in total. The van der Waals surface area contributed by atoms with E-state index in [-0.39, 0.29) is 25.1 Å². The minimum atomic E-state index is -3.23. The predicted octanol–water partition coefficient (Wildman–Crippen LogP) is -2.21. The van der Waals surface area contributed by atoms with Crippen molar-refractivity contribution in [2.24, 2.45) is 5.73 Å². The fourth-order valence-corrected chi connectivity index (χ4v) is 2.65. The van der Waals surface area contributed by atoms with Crippen molar-refractivity contribution in [1.82, 2.24) is 4.90 Å². The molecule has 0 aromatic rings. The van der Waals surface area contributed by atoms with E-state index in [1.165, 1.54) is 0 Å². The number of nitrogens with zero attached hydrogens (tertiary/aromatic N) is 1. The highest BCUT2D eigenvalue weighted by Gasteiger charge is 2.40.